The van der Waals surface area contributed by atoms with Crippen LogP contribution in [-0.2, 0) is 4.79 Å². The third-order valence-electron chi connectivity index (χ3n) is 1.67. The molecule has 58 valence electrons. The van der Waals surface area contributed by atoms with Gasteiger partial charge in [0, 0.05) is 19.0 Å². The smallest absolute Gasteiger partial charge is 0.220 e. The third kappa shape index (κ3) is 1.99. The Morgan fingerprint density at radius 3 is 2.80 bits per heavy atom. The van der Waals surface area contributed by atoms with Gasteiger partial charge in [-0.1, -0.05) is 0 Å². The zero-order chi connectivity index (χ0) is 7.56. The Labute approximate surface area is 61.4 Å². The quantitative estimate of drug-likeness (QED) is 0.580. The van der Waals surface area contributed by atoms with Crippen molar-refractivity contribution in [3.63, 3.8) is 0 Å². The summed E-state index contributed by atoms with van der Waals surface area (Å²) in [5, 5.41) is 2.90. The van der Waals surface area contributed by atoms with Crippen LogP contribution in [0.25, 0.3) is 0 Å². The largest absolute Gasteiger partial charge is 0.352 e. The molecule has 1 heterocycles. The molecule has 0 bridgehead atoms. The van der Waals surface area contributed by atoms with E-state index in [2.05, 4.69) is 10.2 Å². The second-order valence-corrected chi connectivity index (χ2v) is 3.07. The first-order chi connectivity index (χ1) is 4.68. The molecule has 10 heavy (non-hydrogen) atoms. The van der Waals surface area contributed by atoms with Gasteiger partial charge in [-0.05, 0) is 20.5 Å². The standard InChI is InChI=1S/C7H14N2O/c1-9(2)5-6-3-4-7(10)8-6/h6H,3-5H2,1-2H3,(H,8,10). The summed E-state index contributed by atoms with van der Waals surface area (Å²) in [4.78, 5) is 12.8. The monoisotopic (exact) mass is 142 g/mol. The van der Waals surface area contributed by atoms with Gasteiger partial charge in [0.05, 0.1) is 0 Å². The average molecular weight is 142 g/mol. The fourth-order valence-electron chi connectivity index (χ4n) is 1.26. The van der Waals surface area contributed by atoms with Crippen LogP contribution in [0.5, 0.6) is 0 Å². The van der Waals surface area contributed by atoms with Gasteiger partial charge in [0.1, 0.15) is 0 Å². The van der Waals surface area contributed by atoms with Crippen molar-refractivity contribution in [3.8, 4) is 0 Å². The van der Waals surface area contributed by atoms with Gasteiger partial charge < -0.3 is 10.2 Å². The molecule has 1 aliphatic rings. The Balaban J connectivity index is 2.24. The van der Waals surface area contributed by atoms with Crippen molar-refractivity contribution in [1.29, 1.82) is 0 Å². The minimum atomic E-state index is 0.201. The zero-order valence-electron chi connectivity index (χ0n) is 6.55. The molecule has 0 aliphatic carbocycles. The highest BCUT2D eigenvalue weighted by molar-refractivity contribution is 5.78. The van der Waals surface area contributed by atoms with E-state index in [0.717, 1.165) is 13.0 Å². The molecule has 3 heteroatoms. The van der Waals surface area contributed by atoms with Gasteiger partial charge in [0.25, 0.3) is 0 Å². The van der Waals surface area contributed by atoms with Crippen molar-refractivity contribution < 1.29 is 4.79 Å². The lowest BCUT2D eigenvalue weighted by molar-refractivity contribution is -0.119. The molecule has 0 aromatic carbocycles. The van der Waals surface area contributed by atoms with Gasteiger partial charge >= 0.3 is 0 Å². The fraction of sp³-hybridized carbons (Fsp3) is 0.857. The topological polar surface area (TPSA) is 32.3 Å². The van der Waals surface area contributed by atoms with Gasteiger partial charge in [-0.25, -0.2) is 0 Å². The minimum Gasteiger partial charge on any atom is -0.352 e. The van der Waals surface area contributed by atoms with E-state index in [0.29, 0.717) is 12.5 Å². The predicted molar refractivity (Wildman–Crippen MR) is 39.7 cm³/mol. The summed E-state index contributed by atoms with van der Waals surface area (Å²) in [7, 11) is 4.04. The van der Waals surface area contributed by atoms with Gasteiger partial charge in [-0.3, -0.25) is 4.79 Å². The summed E-state index contributed by atoms with van der Waals surface area (Å²) in [6.07, 6.45) is 1.70. The number of nitrogens with one attached hydrogen (secondary N) is 1. The van der Waals surface area contributed by atoms with Crippen LogP contribution in [0.2, 0.25) is 0 Å². The number of amides is 1. The molecule has 0 aromatic heterocycles. The highest BCUT2D eigenvalue weighted by Crippen LogP contribution is 2.06. The predicted octanol–water partition coefficient (Wildman–Crippen LogP) is -0.173. The van der Waals surface area contributed by atoms with Crippen LogP contribution >= 0.6 is 0 Å². The van der Waals surface area contributed by atoms with Crippen molar-refractivity contribution in [2.45, 2.75) is 18.9 Å². The molecule has 1 aliphatic heterocycles. The van der Waals surface area contributed by atoms with Crippen LogP contribution in [0.3, 0.4) is 0 Å². The molecular weight excluding hydrogens is 128 g/mol. The molecule has 1 saturated heterocycles. The second kappa shape index (κ2) is 3.01. The van der Waals surface area contributed by atoms with E-state index in [1.165, 1.54) is 0 Å². The molecule has 0 aromatic rings. The number of carbonyl (C=O) groups is 1. The summed E-state index contributed by atoms with van der Waals surface area (Å²) in [6.45, 7) is 0.964. The van der Waals surface area contributed by atoms with E-state index in [1.807, 2.05) is 14.1 Å². The number of hydrogen-bond acceptors (Lipinski definition) is 2. The third-order valence-corrected chi connectivity index (χ3v) is 1.67. The van der Waals surface area contributed by atoms with Crippen LogP contribution in [0, 0.1) is 0 Å². The first-order valence-electron chi connectivity index (χ1n) is 3.62. The number of rotatable bonds is 2. The van der Waals surface area contributed by atoms with Gasteiger partial charge in [0.2, 0.25) is 5.91 Å². The van der Waals surface area contributed by atoms with E-state index >= 15 is 0 Å². The van der Waals surface area contributed by atoms with Crippen molar-refractivity contribution in [2.75, 3.05) is 20.6 Å². The van der Waals surface area contributed by atoms with E-state index in [1.54, 1.807) is 0 Å². The molecule has 1 fully saturated rings. The molecule has 1 atom stereocenters. The Kier molecular flexibility index (Phi) is 2.27. The molecule has 1 amide bonds. The molecule has 1 rings (SSSR count). The van der Waals surface area contributed by atoms with Crippen molar-refractivity contribution >= 4 is 5.91 Å². The number of nitrogens with zero attached hydrogens (tertiary/aromatic N) is 1. The molecule has 1 N–H and O–H groups in total. The molecule has 0 radical (unpaired) electrons. The van der Waals surface area contributed by atoms with E-state index in [4.69, 9.17) is 0 Å². The van der Waals surface area contributed by atoms with Gasteiger partial charge in [-0.15, -0.1) is 0 Å². The molecule has 3 nitrogen and oxygen atoms in total. The van der Waals surface area contributed by atoms with Crippen LogP contribution in [0.1, 0.15) is 12.8 Å². The Morgan fingerprint density at radius 1 is 1.70 bits per heavy atom. The van der Waals surface area contributed by atoms with Gasteiger partial charge in [0.15, 0.2) is 0 Å². The van der Waals surface area contributed by atoms with Crippen LogP contribution < -0.4 is 5.32 Å². The minimum absolute atomic E-state index is 0.201. The van der Waals surface area contributed by atoms with Crippen molar-refractivity contribution in [1.82, 2.24) is 10.2 Å². The maximum Gasteiger partial charge on any atom is 0.220 e. The van der Waals surface area contributed by atoms with E-state index in [9.17, 15) is 4.79 Å². The molecule has 0 spiro atoms. The van der Waals surface area contributed by atoms with E-state index < -0.39 is 0 Å². The highest BCUT2D eigenvalue weighted by Gasteiger charge is 2.20. The van der Waals surface area contributed by atoms with Crippen LogP contribution in [-0.4, -0.2) is 37.5 Å². The maximum absolute atomic E-state index is 10.7. The van der Waals surface area contributed by atoms with Crippen LogP contribution in [0.15, 0.2) is 0 Å². The SMILES string of the molecule is CN(C)CC1CCC(=O)N1. The highest BCUT2D eigenvalue weighted by atomic mass is 16.1. The Hall–Kier alpha value is -0.570. The summed E-state index contributed by atoms with van der Waals surface area (Å²) >= 11 is 0. The molecular formula is C7H14N2O. The number of likely N-dealkylation sites (N-methyl/N-ethyl adjacent to an activating group) is 1. The number of carbonyl (C=O) groups excluding carboxylic acids is 1. The fourth-order valence-corrected chi connectivity index (χ4v) is 1.26. The first-order valence-corrected chi connectivity index (χ1v) is 3.62. The summed E-state index contributed by atoms with van der Waals surface area (Å²) < 4.78 is 0. The van der Waals surface area contributed by atoms with Gasteiger partial charge in [-0.2, -0.15) is 0 Å². The van der Waals surface area contributed by atoms with Crippen LogP contribution in [0.4, 0.5) is 0 Å². The lowest BCUT2D eigenvalue weighted by atomic mass is 10.2. The normalized spacial score (nSPS) is 25.5. The van der Waals surface area contributed by atoms with E-state index in [-0.39, 0.29) is 5.91 Å². The average Bonchev–Trinajstić information content (AvgIpc) is 2.13. The zero-order valence-corrected chi connectivity index (χ0v) is 6.55. The van der Waals surface area contributed by atoms with Crippen molar-refractivity contribution in [3.05, 3.63) is 0 Å². The molecule has 0 saturated carbocycles. The summed E-state index contributed by atoms with van der Waals surface area (Å²) in [6, 6.07) is 0.391. The Bertz CT molecular complexity index is 134. The second-order valence-electron chi connectivity index (χ2n) is 3.07. The first kappa shape index (κ1) is 7.54. The number of hydrogen-bond donors (Lipinski definition) is 1. The lowest BCUT2D eigenvalue weighted by Gasteiger charge is -2.15. The maximum atomic E-state index is 10.7. The summed E-state index contributed by atoms with van der Waals surface area (Å²) in [5.74, 6) is 0.201. The lowest BCUT2D eigenvalue weighted by Crippen LogP contribution is -2.34. The van der Waals surface area contributed by atoms with Crippen molar-refractivity contribution in [2.24, 2.45) is 0 Å². The Morgan fingerprint density at radius 2 is 2.40 bits per heavy atom. The summed E-state index contributed by atoms with van der Waals surface area (Å²) in [5.41, 5.74) is 0. The molecule has 1 unspecified atom stereocenters.